The van der Waals surface area contributed by atoms with Gasteiger partial charge in [0, 0.05) is 0 Å². The van der Waals surface area contributed by atoms with Gasteiger partial charge in [-0.3, -0.25) is 4.79 Å². The first-order valence-corrected chi connectivity index (χ1v) is 19.2. The molecule has 0 amide bonds. The number of carboxylic acid groups (broad SMARTS) is 1. The van der Waals surface area contributed by atoms with Crippen molar-refractivity contribution >= 4 is 5.97 Å². The lowest BCUT2D eigenvalue weighted by Gasteiger charge is -2.39. The summed E-state index contributed by atoms with van der Waals surface area (Å²) in [5.41, 5.74) is -0.525. The van der Waals surface area contributed by atoms with Gasteiger partial charge in [-0.2, -0.15) is 0 Å². The Balaban J connectivity index is 4.13. The molecule has 0 aromatic carbocycles. The van der Waals surface area contributed by atoms with Crippen molar-refractivity contribution in [1.82, 2.24) is 0 Å². The van der Waals surface area contributed by atoms with Crippen molar-refractivity contribution in [3.05, 3.63) is 0 Å². The molecule has 2 nitrogen and oxygen atoms in total. The van der Waals surface area contributed by atoms with E-state index in [9.17, 15) is 9.90 Å². The van der Waals surface area contributed by atoms with E-state index < -0.39 is 11.4 Å². The Bertz CT molecular complexity index is 542. The molecule has 0 aliphatic heterocycles. The van der Waals surface area contributed by atoms with Gasteiger partial charge in [0.2, 0.25) is 0 Å². The fourth-order valence-electron chi connectivity index (χ4n) is 7.31. The Labute approximate surface area is 260 Å². The fraction of sp³-hybridized carbons (Fsp3) is 0.974. The summed E-state index contributed by atoms with van der Waals surface area (Å²) in [6.07, 6.45) is 39.5. The molecule has 2 atom stereocenters. The number of aliphatic carboxylic acids is 1. The topological polar surface area (TPSA) is 37.3 Å². The number of hydrogen-bond acceptors (Lipinski definition) is 1. The predicted molar refractivity (Wildman–Crippen MR) is 184 cm³/mol. The fourth-order valence-corrected chi connectivity index (χ4v) is 7.31. The Morgan fingerprint density at radius 3 is 1.05 bits per heavy atom. The van der Waals surface area contributed by atoms with Crippen LogP contribution < -0.4 is 0 Å². The summed E-state index contributed by atoms with van der Waals surface area (Å²) in [7, 11) is 0. The SMILES string of the molecule is CCCCCCCCCCCCCCCCC(CC)(C(=O)O)C(CCCCCCCCCCCCCCC)C(C)C. The van der Waals surface area contributed by atoms with E-state index >= 15 is 0 Å². The molecule has 0 aromatic rings. The quantitative estimate of drug-likeness (QED) is 0.0786. The second-order valence-electron chi connectivity index (χ2n) is 14.0. The molecule has 0 fully saturated rings. The van der Waals surface area contributed by atoms with Crippen molar-refractivity contribution in [2.24, 2.45) is 17.3 Å². The van der Waals surface area contributed by atoms with E-state index in [1.807, 2.05) is 0 Å². The third-order valence-corrected chi connectivity index (χ3v) is 10.2. The lowest BCUT2D eigenvalue weighted by molar-refractivity contribution is -0.155. The van der Waals surface area contributed by atoms with Crippen LogP contribution >= 0.6 is 0 Å². The second kappa shape index (κ2) is 29.5. The first-order valence-electron chi connectivity index (χ1n) is 19.2. The molecule has 0 bridgehead atoms. The molecule has 0 aromatic heterocycles. The molecule has 0 heterocycles. The molecule has 1 N–H and O–H groups in total. The zero-order valence-corrected chi connectivity index (χ0v) is 29.2. The molecule has 0 radical (unpaired) electrons. The molecule has 41 heavy (non-hydrogen) atoms. The van der Waals surface area contributed by atoms with Gasteiger partial charge in [-0.15, -0.1) is 0 Å². The molecule has 0 saturated heterocycles. The van der Waals surface area contributed by atoms with E-state index in [1.165, 1.54) is 167 Å². The van der Waals surface area contributed by atoms with Crippen molar-refractivity contribution < 1.29 is 9.90 Å². The molecule has 2 unspecified atom stereocenters. The standard InChI is InChI=1S/C39H78O2/c1-6-9-11-13-15-17-19-21-23-25-27-29-31-33-35-39(8-3,38(40)41)37(36(4)5)34-32-30-28-26-24-22-20-18-16-14-12-10-7-2/h36-37H,6-35H2,1-5H3,(H,40,41). The van der Waals surface area contributed by atoms with Crippen LogP contribution in [0.1, 0.15) is 227 Å². The maximum atomic E-state index is 12.7. The summed E-state index contributed by atoms with van der Waals surface area (Å²) in [5.74, 6) is 0.220. The van der Waals surface area contributed by atoms with Crippen LogP contribution in [0.3, 0.4) is 0 Å². The lowest BCUT2D eigenvalue weighted by atomic mass is 9.64. The molecule has 2 heteroatoms. The van der Waals surface area contributed by atoms with E-state index in [0.29, 0.717) is 11.8 Å². The summed E-state index contributed by atoms with van der Waals surface area (Å²) in [4.78, 5) is 12.7. The molecule has 0 aliphatic rings. The number of carboxylic acids is 1. The average Bonchev–Trinajstić information content (AvgIpc) is 2.95. The lowest BCUT2D eigenvalue weighted by Crippen LogP contribution is -2.41. The van der Waals surface area contributed by atoms with Gasteiger partial charge >= 0.3 is 5.97 Å². The summed E-state index contributed by atoms with van der Waals surface area (Å²) in [6, 6.07) is 0. The largest absolute Gasteiger partial charge is 0.481 e. The molecule has 0 saturated carbocycles. The predicted octanol–water partition coefficient (Wildman–Crippen LogP) is 14.1. The molecule has 246 valence electrons. The highest BCUT2D eigenvalue weighted by Crippen LogP contribution is 2.44. The zero-order chi connectivity index (χ0) is 30.4. The minimum Gasteiger partial charge on any atom is -0.481 e. The van der Waals surface area contributed by atoms with Gasteiger partial charge in [0.25, 0.3) is 0 Å². The first-order chi connectivity index (χ1) is 20.0. The molecular weight excluding hydrogens is 500 g/mol. The third kappa shape index (κ3) is 21.8. The number of rotatable bonds is 33. The van der Waals surface area contributed by atoms with E-state index in [-0.39, 0.29) is 0 Å². The maximum absolute atomic E-state index is 12.7. The number of hydrogen-bond donors (Lipinski definition) is 1. The summed E-state index contributed by atoms with van der Waals surface area (Å²) in [6.45, 7) is 11.3. The second-order valence-corrected chi connectivity index (χ2v) is 14.0. The van der Waals surface area contributed by atoms with Crippen LogP contribution in [-0.2, 0) is 4.79 Å². The normalized spacial score (nSPS) is 14.0. The van der Waals surface area contributed by atoms with Crippen LogP contribution in [0.15, 0.2) is 0 Å². The van der Waals surface area contributed by atoms with E-state index in [0.717, 1.165) is 25.7 Å². The van der Waals surface area contributed by atoms with Gasteiger partial charge in [-0.1, -0.05) is 208 Å². The Morgan fingerprint density at radius 2 is 0.780 bits per heavy atom. The number of unbranched alkanes of at least 4 members (excludes halogenated alkanes) is 25. The Kier molecular flexibility index (Phi) is 29.2. The average molecular weight is 579 g/mol. The highest BCUT2D eigenvalue weighted by atomic mass is 16.4. The monoisotopic (exact) mass is 579 g/mol. The van der Waals surface area contributed by atoms with Crippen molar-refractivity contribution in [2.45, 2.75) is 227 Å². The van der Waals surface area contributed by atoms with Gasteiger partial charge in [-0.25, -0.2) is 0 Å². The van der Waals surface area contributed by atoms with E-state index in [2.05, 4.69) is 34.6 Å². The molecule has 0 aliphatic carbocycles. The van der Waals surface area contributed by atoms with Gasteiger partial charge in [0.1, 0.15) is 0 Å². The van der Waals surface area contributed by atoms with Crippen LogP contribution in [0, 0.1) is 17.3 Å². The minimum atomic E-state index is -0.525. The van der Waals surface area contributed by atoms with Crippen molar-refractivity contribution in [3.8, 4) is 0 Å². The van der Waals surface area contributed by atoms with Gasteiger partial charge in [0.15, 0.2) is 0 Å². The number of carbonyl (C=O) groups is 1. The van der Waals surface area contributed by atoms with E-state index in [4.69, 9.17) is 0 Å². The van der Waals surface area contributed by atoms with Gasteiger partial charge in [-0.05, 0) is 31.1 Å². The van der Waals surface area contributed by atoms with Crippen LogP contribution in [0.2, 0.25) is 0 Å². The highest BCUT2D eigenvalue weighted by molar-refractivity contribution is 5.75. The Hall–Kier alpha value is -0.530. The summed E-state index contributed by atoms with van der Waals surface area (Å²) in [5, 5.41) is 10.5. The Morgan fingerprint density at radius 1 is 0.488 bits per heavy atom. The first kappa shape index (κ1) is 40.5. The van der Waals surface area contributed by atoms with Crippen LogP contribution in [-0.4, -0.2) is 11.1 Å². The van der Waals surface area contributed by atoms with E-state index in [1.54, 1.807) is 0 Å². The molecule has 0 rings (SSSR count). The summed E-state index contributed by atoms with van der Waals surface area (Å²) < 4.78 is 0. The van der Waals surface area contributed by atoms with Gasteiger partial charge in [0.05, 0.1) is 5.41 Å². The summed E-state index contributed by atoms with van der Waals surface area (Å²) >= 11 is 0. The minimum absolute atomic E-state index is 0.305. The van der Waals surface area contributed by atoms with Crippen LogP contribution in [0.25, 0.3) is 0 Å². The molecule has 0 spiro atoms. The van der Waals surface area contributed by atoms with Crippen LogP contribution in [0.5, 0.6) is 0 Å². The zero-order valence-electron chi connectivity index (χ0n) is 29.2. The molecular formula is C39H78O2. The van der Waals surface area contributed by atoms with Crippen molar-refractivity contribution in [1.29, 1.82) is 0 Å². The van der Waals surface area contributed by atoms with Crippen molar-refractivity contribution in [2.75, 3.05) is 0 Å². The smallest absolute Gasteiger partial charge is 0.309 e. The van der Waals surface area contributed by atoms with Crippen molar-refractivity contribution in [3.63, 3.8) is 0 Å². The van der Waals surface area contributed by atoms with Crippen LogP contribution in [0.4, 0.5) is 0 Å². The highest BCUT2D eigenvalue weighted by Gasteiger charge is 2.44. The van der Waals surface area contributed by atoms with Gasteiger partial charge < -0.3 is 5.11 Å². The third-order valence-electron chi connectivity index (χ3n) is 10.2. The maximum Gasteiger partial charge on any atom is 0.309 e.